The molecule has 1 aromatic rings. The van der Waals surface area contributed by atoms with Crippen molar-refractivity contribution in [3.8, 4) is 5.75 Å². The lowest BCUT2D eigenvalue weighted by Gasteiger charge is -2.28. The molecule has 1 aliphatic rings. The Hall–Kier alpha value is -1.02. The van der Waals surface area contributed by atoms with Gasteiger partial charge in [0.15, 0.2) is 0 Å². The zero-order chi connectivity index (χ0) is 12.1. The SMILES string of the molecule is COc1ccc(CCC2CCCCC2N)cc1. The van der Waals surface area contributed by atoms with Crippen LogP contribution >= 0.6 is 0 Å². The summed E-state index contributed by atoms with van der Waals surface area (Å²) < 4.78 is 5.16. The molecule has 0 spiro atoms. The van der Waals surface area contributed by atoms with E-state index in [0.29, 0.717) is 6.04 Å². The summed E-state index contributed by atoms with van der Waals surface area (Å²) in [7, 11) is 1.70. The van der Waals surface area contributed by atoms with Crippen molar-refractivity contribution in [1.29, 1.82) is 0 Å². The average Bonchev–Trinajstić information content (AvgIpc) is 2.38. The van der Waals surface area contributed by atoms with Gasteiger partial charge in [-0.2, -0.15) is 0 Å². The minimum absolute atomic E-state index is 0.432. The fourth-order valence-electron chi connectivity index (χ4n) is 2.74. The van der Waals surface area contributed by atoms with Gasteiger partial charge in [0.2, 0.25) is 0 Å². The Labute approximate surface area is 104 Å². The van der Waals surface area contributed by atoms with Gasteiger partial charge in [0.1, 0.15) is 5.75 Å². The van der Waals surface area contributed by atoms with E-state index in [1.54, 1.807) is 7.11 Å². The zero-order valence-corrected chi connectivity index (χ0v) is 10.7. The van der Waals surface area contributed by atoms with Crippen molar-refractivity contribution in [3.63, 3.8) is 0 Å². The number of hydrogen-bond donors (Lipinski definition) is 1. The van der Waals surface area contributed by atoms with Gasteiger partial charge in [-0.1, -0.05) is 25.0 Å². The zero-order valence-electron chi connectivity index (χ0n) is 10.7. The normalized spacial score (nSPS) is 24.6. The molecule has 1 saturated carbocycles. The van der Waals surface area contributed by atoms with Crippen LogP contribution in [0.25, 0.3) is 0 Å². The van der Waals surface area contributed by atoms with Crippen LogP contribution in [0.3, 0.4) is 0 Å². The smallest absolute Gasteiger partial charge is 0.118 e. The maximum Gasteiger partial charge on any atom is 0.118 e. The van der Waals surface area contributed by atoms with Crippen molar-refractivity contribution in [1.82, 2.24) is 0 Å². The van der Waals surface area contributed by atoms with E-state index < -0.39 is 0 Å². The molecule has 0 heterocycles. The summed E-state index contributed by atoms with van der Waals surface area (Å²) in [5.41, 5.74) is 7.56. The monoisotopic (exact) mass is 233 g/mol. The van der Waals surface area contributed by atoms with Gasteiger partial charge >= 0.3 is 0 Å². The van der Waals surface area contributed by atoms with Gasteiger partial charge < -0.3 is 10.5 Å². The number of ether oxygens (including phenoxy) is 1. The highest BCUT2D eigenvalue weighted by atomic mass is 16.5. The fraction of sp³-hybridized carbons (Fsp3) is 0.600. The van der Waals surface area contributed by atoms with E-state index >= 15 is 0 Å². The Balaban J connectivity index is 1.84. The lowest BCUT2D eigenvalue weighted by atomic mass is 9.81. The van der Waals surface area contributed by atoms with E-state index in [-0.39, 0.29) is 0 Å². The van der Waals surface area contributed by atoms with Crippen molar-refractivity contribution in [3.05, 3.63) is 29.8 Å². The van der Waals surface area contributed by atoms with Crippen LogP contribution < -0.4 is 10.5 Å². The summed E-state index contributed by atoms with van der Waals surface area (Å²) in [6.45, 7) is 0. The number of rotatable bonds is 4. The largest absolute Gasteiger partial charge is 0.497 e. The topological polar surface area (TPSA) is 35.2 Å². The number of benzene rings is 1. The molecule has 1 aromatic carbocycles. The van der Waals surface area contributed by atoms with Gasteiger partial charge in [-0.05, 0) is 49.3 Å². The molecular weight excluding hydrogens is 210 g/mol. The van der Waals surface area contributed by atoms with E-state index in [4.69, 9.17) is 10.5 Å². The predicted molar refractivity (Wildman–Crippen MR) is 71.2 cm³/mol. The summed E-state index contributed by atoms with van der Waals surface area (Å²) in [5.74, 6) is 1.66. The van der Waals surface area contributed by atoms with Crippen LogP contribution in [0.4, 0.5) is 0 Å². The van der Waals surface area contributed by atoms with Crippen LogP contribution in [0, 0.1) is 5.92 Å². The van der Waals surface area contributed by atoms with Crippen LogP contribution in [-0.4, -0.2) is 13.2 Å². The predicted octanol–water partition coefficient (Wildman–Crippen LogP) is 3.15. The third-order valence-electron chi connectivity index (χ3n) is 3.93. The Morgan fingerprint density at radius 2 is 1.88 bits per heavy atom. The second-order valence-electron chi connectivity index (χ2n) is 5.10. The first-order chi connectivity index (χ1) is 8.29. The minimum atomic E-state index is 0.432. The summed E-state index contributed by atoms with van der Waals surface area (Å²) >= 11 is 0. The molecule has 0 amide bonds. The molecule has 1 aliphatic carbocycles. The highest BCUT2D eigenvalue weighted by Crippen LogP contribution is 2.27. The standard InChI is InChI=1S/C15H23NO/c1-17-14-10-7-12(8-11-14)6-9-13-4-2-3-5-15(13)16/h7-8,10-11,13,15H,2-6,9,16H2,1H3. The second kappa shape index (κ2) is 6.06. The Kier molecular flexibility index (Phi) is 4.43. The molecule has 1 fully saturated rings. The molecule has 2 atom stereocenters. The maximum atomic E-state index is 6.17. The number of aryl methyl sites for hydroxylation is 1. The average molecular weight is 233 g/mol. The molecule has 0 radical (unpaired) electrons. The van der Waals surface area contributed by atoms with Crippen molar-refractivity contribution in [2.75, 3.05) is 7.11 Å². The number of methoxy groups -OCH3 is 1. The number of hydrogen-bond acceptors (Lipinski definition) is 2. The Morgan fingerprint density at radius 3 is 2.53 bits per heavy atom. The van der Waals surface area contributed by atoms with Crippen molar-refractivity contribution >= 4 is 0 Å². The molecule has 94 valence electrons. The van der Waals surface area contributed by atoms with Crippen LogP contribution in [-0.2, 0) is 6.42 Å². The quantitative estimate of drug-likeness (QED) is 0.867. The first-order valence-corrected chi connectivity index (χ1v) is 6.68. The first-order valence-electron chi connectivity index (χ1n) is 6.68. The lowest BCUT2D eigenvalue weighted by Crippen LogP contribution is -2.33. The molecule has 0 bridgehead atoms. The van der Waals surface area contributed by atoms with Gasteiger partial charge in [-0.25, -0.2) is 0 Å². The molecule has 17 heavy (non-hydrogen) atoms. The number of nitrogens with two attached hydrogens (primary N) is 1. The molecule has 2 N–H and O–H groups in total. The van der Waals surface area contributed by atoms with Gasteiger partial charge in [-0.15, -0.1) is 0 Å². The molecule has 0 aliphatic heterocycles. The third-order valence-corrected chi connectivity index (χ3v) is 3.93. The van der Waals surface area contributed by atoms with E-state index in [1.165, 1.54) is 37.7 Å². The van der Waals surface area contributed by atoms with E-state index in [2.05, 4.69) is 12.1 Å². The van der Waals surface area contributed by atoms with E-state index in [9.17, 15) is 0 Å². The van der Waals surface area contributed by atoms with Gasteiger partial charge in [0.05, 0.1) is 7.11 Å². The maximum absolute atomic E-state index is 6.17. The fourth-order valence-corrected chi connectivity index (χ4v) is 2.74. The Bertz CT molecular complexity index is 333. The van der Waals surface area contributed by atoms with Crippen LogP contribution in [0.2, 0.25) is 0 Å². The van der Waals surface area contributed by atoms with Gasteiger partial charge in [-0.3, -0.25) is 0 Å². The van der Waals surface area contributed by atoms with Crippen LogP contribution in [0.15, 0.2) is 24.3 Å². The van der Waals surface area contributed by atoms with Gasteiger partial charge in [0, 0.05) is 6.04 Å². The molecule has 2 unspecified atom stereocenters. The molecule has 2 nitrogen and oxygen atoms in total. The molecule has 0 aromatic heterocycles. The molecule has 2 rings (SSSR count). The summed E-state index contributed by atoms with van der Waals surface area (Å²) in [6.07, 6.45) is 7.58. The Morgan fingerprint density at radius 1 is 1.18 bits per heavy atom. The van der Waals surface area contributed by atoms with Crippen molar-refractivity contribution in [2.24, 2.45) is 11.7 Å². The minimum Gasteiger partial charge on any atom is -0.497 e. The summed E-state index contributed by atoms with van der Waals surface area (Å²) in [6, 6.07) is 8.83. The van der Waals surface area contributed by atoms with Crippen molar-refractivity contribution in [2.45, 2.75) is 44.6 Å². The third kappa shape index (κ3) is 3.47. The van der Waals surface area contributed by atoms with E-state index in [0.717, 1.165) is 18.1 Å². The first kappa shape index (κ1) is 12.4. The van der Waals surface area contributed by atoms with Crippen molar-refractivity contribution < 1.29 is 4.74 Å². The second-order valence-corrected chi connectivity index (χ2v) is 5.10. The summed E-state index contributed by atoms with van der Waals surface area (Å²) in [4.78, 5) is 0. The lowest BCUT2D eigenvalue weighted by molar-refractivity contribution is 0.292. The summed E-state index contributed by atoms with van der Waals surface area (Å²) in [5, 5.41) is 0. The highest BCUT2D eigenvalue weighted by molar-refractivity contribution is 5.27. The molecule has 2 heteroatoms. The van der Waals surface area contributed by atoms with Gasteiger partial charge in [0.25, 0.3) is 0 Å². The molecule has 0 saturated heterocycles. The highest BCUT2D eigenvalue weighted by Gasteiger charge is 2.21. The van der Waals surface area contributed by atoms with Crippen LogP contribution in [0.1, 0.15) is 37.7 Å². The molecular formula is C15H23NO. The van der Waals surface area contributed by atoms with E-state index in [1.807, 2.05) is 12.1 Å². The van der Waals surface area contributed by atoms with Crippen LogP contribution in [0.5, 0.6) is 5.75 Å².